The highest BCUT2D eigenvalue weighted by atomic mass is 16.5. The Morgan fingerprint density at radius 1 is 0.892 bits per heavy atom. The number of ketones is 1. The van der Waals surface area contributed by atoms with Gasteiger partial charge in [0.15, 0.2) is 0 Å². The van der Waals surface area contributed by atoms with Crippen molar-refractivity contribution in [1.82, 2.24) is 0 Å². The van der Waals surface area contributed by atoms with Gasteiger partial charge in [0.1, 0.15) is 5.78 Å². The first kappa shape index (κ1) is 25.7. The molecule has 0 N–H and O–H groups in total. The van der Waals surface area contributed by atoms with Gasteiger partial charge in [-0.1, -0.05) is 42.8 Å². The molecule has 0 aromatic heterocycles. The van der Waals surface area contributed by atoms with Crippen molar-refractivity contribution in [2.45, 2.75) is 64.1 Å². The molecule has 2 aromatic rings. The first-order valence-corrected chi connectivity index (χ1v) is 13.5. The molecule has 2 saturated carbocycles. The summed E-state index contributed by atoms with van der Waals surface area (Å²) in [6.45, 7) is 4.62. The molecule has 1 saturated heterocycles. The van der Waals surface area contributed by atoms with Crippen LogP contribution in [0.5, 0.6) is 0 Å². The van der Waals surface area contributed by atoms with Crippen LogP contribution in [-0.2, 0) is 19.0 Å². The van der Waals surface area contributed by atoms with E-state index in [-0.39, 0.29) is 54.8 Å². The van der Waals surface area contributed by atoms with Crippen LogP contribution in [-0.4, -0.2) is 42.6 Å². The minimum Gasteiger partial charge on any atom is -0.462 e. The molecule has 0 amide bonds. The topological polar surface area (TPSA) is 78.9 Å². The Bertz CT molecular complexity index is 1130. The quantitative estimate of drug-likeness (QED) is 0.454. The number of Topliss-reactive ketones (excluding diaryl/α,β-unsaturated/α-hetero) is 1. The van der Waals surface area contributed by atoms with Crippen LogP contribution < -0.4 is 0 Å². The molecule has 2 aromatic carbocycles. The molecule has 196 valence electrons. The van der Waals surface area contributed by atoms with Gasteiger partial charge in [-0.25, -0.2) is 9.59 Å². The second kappa shape index (κ2) is 10.4. The Balaban J connectivity index is 1.29. The molecule has 1 spiro atoms. The molecule has 1 heterocycles. The molecular weight excluding hydrogens is 468 g/mol. The second-order valence-corrected chi connectivity index (χ2v) is 11.3. The van der Waals surface area contributed by atoms with E-state index in [0.29, 0.717) is 17.5 Å². The number of esters is 2. The maximum atomic E-state index is 14.2. The number of fused-ring (bicyclic) bond motifs is 1. The van der Waals surface area contributed by atoms with E-state index >= 15 is 0 Å². The minimum atomic E-state index is -0.580. The number of benzene rings is 2. The fourth-order valence-corrected chi connectivity index (χ4v) is 7.18. The lowest BCUT2D eigenvalue weighted by Crippen LogP contribution is -2.51. The van der Waals surface area contributed by atoms with Crippen LogP contribution in [0.1, 0.15) is 73.1 Å². The number of ether oxygens (including phenoxy) is 3. The lowest BCUT2D eigenvalue weighted by atomic mass is 9.57. The van der Waals surface area contributed by atoms with Gasteiger partial charge in [-0.3, -0.25) is 4.79 Å². The first-order chi connectivity index (χ1) is 17.8. The number of hydrogen-bond acceptors (Lipinski definition) is 6. The van der Waals surface area contributed by atoms with Crippen LogP contribution in [0.2, 0.25) is 0 Å². The fraction of sp³-hybridized carbons (Fsp3) is 0.516. The molecule has 37 heavy (non-hydrogen) atoms. The van der Waals surface area contributed by atoms with Gasteiger partial charge in [-0.2, -0.15) is 0 Å². The van der Waals surface area contributed by atoms with Gasteiger partial charge in [0.2, 0.25) is 0 Å². The van der Waals surface area contributed by atoms with Gasteiger partial charge in [0.05, 0.1) is 41.5 Å². The van der Waals surface area contributed by atoms with Crippen molar-refractivity contribution >= 4 is 17.7 Å². The highest BCUT2D eigenvalue weighted by Gasteiger charge is 2.66. The zero-order chi connectivity index (χ0) is 26.0. The normalized spacial score (nSPS) is 30.2. The van der Waals surface area contributed by atoms with Gasteiger partial charge in [-0.05, 0) is 70.2 Å². The first-order valence-electron chi connectivity index (χ1n) is 13.5. The summed E-state index contributed by atoms with van der Waals surface area (Å²) >= 11 is 0. The van der Waals surface area contributed by atoms with E-state index in [2.05, 4.69) is 13.8 Å². The van der Waals surface area contributed by atoms with Crippen LogP contribution in [0.25, 0.3) is 0 Å². The van der Waals surface area contributed by atoms with Gasteiger partial charge >= 0.3 is 11.9 Å². The van der Waals surface area contributed by atoms with Crippen LogP contribution in [0.3, 0.4) is 0 Å². The second-order valence-electron chi connectivity index (χ2n) is 11.3. The molecule has 6 heteroatoms. The Morgan fingerprint density at radius 2 is 1.51 bits per heavy atom. The predicted octanol–water partition coefficient (Wildman–Crippen LogP) is 5.65. The molecule has 2 aliphatic carbocycles. The van der Waals surface area contributed by atoms with Crippen molar-refractivity contribution in [3.8, 4) is 0 Å². The molecule has 3 aliphatic rings. The van der Waals surface area contributed by atoms with Crippen LogP contribution in [0.15, 0.2) is 60.7 Å². The van der Waals surface area contributed by atoms with Crippen LogP contribution in [0, 0.1) is 23.2 Å². The lowest BCUT2D eigenvalue weighted by molar-refractivity contribution is -0.143. The van der Waals surface area contributed by atoms with Crippen molar-refractivity contribution in [3.05, 3.63) is 71.8 Å². The van der Waals surface area contributed by atoms with Gasteiger partial charge in [0.25, 0.3) is 0 Å². The number of rotatable bonds is 7. The highest BCUT2D eigenvalue weighted by molar-refractivity contribution is 5.91. The van der Waals surface area contributed by atoms with E-state index in [0.717, 1.165) is 32.1 Å². The zero-order valence-electron chi connectivity index (χ0n) is 21.7. The molecule has 6 nitrogen and oxygen atoms in total. The smallest absolute Gasteiger partial charge is 0.338 e. The maximum absolute atomic E-state index is 14.2. The third-order valence-electron chi connectivity index (χ3n) is 8.84. The standard InChI is InChI=1S/C31H36O6/c1-30(2)25(17-19-35-28(33)21-10-5-3-6-11-21)31-18-9-14-24(27(31)32)23(15-16-26(31)37-30)20-36-29(34)22-12-7-4-8-13-22/h3-8,10-13,23-26H,9,14-20H2,1-2H3/t23-,24+,25-,26+,31+/m0/s1. The summed E-state index contributed by atoms with van der Waals surface area (Å²) < 4.78 is 17.9. The zero-order valence-corrected chi connectivity index (χ0v) is 21.7. The Kier molecular flexibility index (Phi) is 7.21. The molecule has 5 rings (SSSR count). The van der Waals surface area contributed by atoms with Crippen molar-refractivity contribution in [2.24, 2.45) is 23.2 Å². The van der Waals surface area contributed by atoms with Gasteiger partial charge < -0.3 is 14.2 Å². The van der Waals surface area contributed by atoms with Crippen molar-refractivity contribution < 1.29 is 28.6 Å². The summed E-state index contributed by atoms with van der Waals surface area (Å²) in [5, 5.41) is 0. The van der Waals surface area contributed by atoms with Gasteiger partial charge in [-0.15, -0.1) is 0 Å². The molecule has 2 bridgehead atoms. The average molecular weight is 505 g/mol. The number of carbonyl (C=O) groups excluding carboxylic acids is 3. The third kappa shape index (κ3) is 4.84. The predicted molar refractivity (Wildman–Crippen MR) is 138 cm³/mol. The molecule has 3 fully saturated rings. The SMILES string of the molecule is CC1(C)O[C@@H]2CC[C@@H](COC(=O)c3ccccc3)[C@H]3CCC[C@@]2(C3=O)[C@H]1CCOC(=O)c1ccccc1. The molecule has 0 radical (unpaired) electrons. The Labute approximate surface area is 218 Å². The maximum Gasteiger partial charge on any atom is 0.338 e. The molecule has 0 unspecified atom stereocenters. The van der Waals surface area contributed by atoms with E-state index in [9.17, 15) is 14.4 Å². The highest BCUT2D eigenvalue weighted by Crippen LogP contribution is 2.61. The van der Waals surface area contributed by atoms with E-state index in [1.165, 1.54) is 0 Å². The summed E-state index contributed by atoms with van der Waals surface area (Å²) in [4.78, 5) is 39.3. The molecule has 1 aliphatic heterocycles. The summed E-state index contributed by atoms with van der Waals surface area (Å²) in [7, 11) is 0. The largest absolute Gasteiger partial charge is 0.462 e. The van der Waals surface area contributed by atoms with Crippen molar-refractivity contribution in [3.63, 3.8) is 0 Å². The van der Waals surface area contributed by atoms with Gasteiger partial charge in [0, 0.05) is 17.8 Å². The molecule has 5 atom stereocenters. The summed E-state index contributed by atoms with van der Waals surface area (Å²) in [6.07, 6.45) is 4.52. The third-order valence-corrected chi connectivity index (χ3v) is 8.84. The Hall–Kier alpha value is -2.99. The monoisotopic (exact) mass is 504 g/mol. The van der Waals surface area contributed by atoms with Crippen molar-refractivity contribution in [1.29, 1.82) is 0 Å². The van der Waals surface area contributed by atoms with E-state index in [4.69, 9.17) is 14.2 Å². The van der Waals surface area contributed by atoms with E-state index in [1.54, 1.807) is 24.3 Å². The summed E-state index contributed by atoms with van der Waals surface area (Å²) in [5.41, 5.74) is -0.0242. The lowest BCUT2D eigenvalue weighted by Gasteiger charge is -2.44. The minimum absolute atomic E-state index is 0.00814. The molecular formula is C31H36O6. The number of hydrogen-bond donors (Lipinski definition) is 0. The van der Waals surface area contributed by atoms with Crippen molar-refractivity contribution in [2.75, 3.05) is 13.2 Å². The fourth-order valence-electron chi connectivity index (χ4n) is 7.18. The summed E-state index contributed by atoms with van der Waals surface area (Å²) in [6, 6.07) is 17.9. The number of carbonyl (C=O) groups is 3. The van der Waals surface area contributed by atoms with E-state index in [1.807, 2.05) is 36.4 Å². The summed E-state index contributed by atoms with van der Waals surface area (Å²) in [5.74, 6) is -0.638. The van der Waals surface area contributed by atoms with E-state index < -0.39 is 11.0 Å². The average Bonchev–Trinajstić information content (AvgIpc) is 3.10. The van der Waals surface area contributed by atoms with Crippen LogP contribution in [0.4, 0.5) is 0 Å². The Morgan fingerprint density at radius 3 is 2.16 bits per heavy atom. The van der Waals surface area contributed by atoms with Crippen LogP contribution >= 0.6 is 0 Å².